The van der Waals surface area contributed by atoms with E-state index in [0.717, 1.165) is 0 Å². The molecule has 1 N–H and O–H groups in total. The van der Waals surface area contributed by atoms with Crippen molar-refractivity contribution >= 4 is 11.9 Å². The average Bonchev–Trinajstić information content (AvgIpc) is 2.46. The van der Waals surface area contributed by atoms with Crippen molar-refractivity contribution in [1.82, 2.24) is 5.32 Å². The van der Waals surface area contributed by atoms with Gasteiger partial charge in [-0.05, 0) is 26.0 Å². The van der Waals surface area contributed by atoms with Crippen molar-refractivity contribution in [1.29, 1.82) is 0 Å². The minimum atomic E-state index is -0.503. The van der Waals surface area contributed by atoms with Crippen LogP contribution in [0.2, 0.25) is 0 Å². The summed E-state index contributed by atoms with van der Waals surface area (Å²) in [4.78, 5) is 23.4. The molecule has 1 aromatic rings. The van der Waals surface area contributed by atoms with Crippen LogP contribution >= 0.6 is 0 Å². The van der Waals surface area contributed by atoms with E-state index in [0.29, 0.717) is 22.8 Å². The van der Waals surface area contributed by atoms with Gasteiger partial charge in [0.15, 0.2) is 0 Å². The van der Waals surface area contributed by atoms with E-state index in [9.17, 15) is 9.59 Å². The standard InChI is InChI=1S/C15H19NO5/c1-5-21-14(17)8-10(2)16-15(18)12-7-6-11(19-3)9-13(12)20-4/h6-9H,5H2,1-4H3,(H,16,18)/b10-8+. The maximum Gasteiger partial charge on any atom is 0.332 e. The van der Waals surface area contributed by atoms with Crippen LogP contribution in [0.3, 0.4) is 0 Å². The fourth-order valence-corrected chi connectivity index (χ4v) is 1.63. The van der Waals surface area contributed by atoms with Gasteiger partial charge in [0.25, 0.3) is 5.91 Å². The van der Waals surface area contributed by atoms with Gasteiger partial charge in [-0.25, -0.2) is 4.79 Å². The lowest BCUT2D eigenvalue weighted by atomic mass is 10.1. The Morgan fingerprint density at radius 3 is 2.52 bits per heavy atom. The molecule has 0 fully saturated rings. The van der Waals surface area contributed by atoms with Gasteiger partial charge in [-0.1, -0.05) is 0 Å². The van der Waals surface area contributed by atoms with Crippen molar-refractivity contribution in [3.63, 3.8) is 0 Å². The van der Waals surface area contributed by atoms with E-state index in [1.807, 2.05) is 0 Å². The van der Waals surface area contributed by atoms with Gasteiger partial charge in [0.2, 0.25) is 0 Å². The van der Waals surface area contributed by atoms with Crippen molar-refractivity contribution in [3.05, 3.63) is 35.5 Å². The van der Waals surface area contributed by atoms with Crippen molar-refractivity contribution in [2.24, 2.45) is 0 Å². The molecule has 21 heavy (non-hydrogen) atoms. The van der Waals surface area contributed by atoms with Crippen LogP contribution < -0.4 is 14.8 Å². The minimum Gasteiger partial charge on any atom is -0.497 e. The van der Waals surface area contributed by atoms with Crippen LogP contribution in [0.5, 0.6) is 11.5 Å². The topological polar surface area (TPSA) is 73.9 Å². The van der Waals surface area contributed by atoms with E-state index in [1.54, 1.807) is 32.0 Å². The average molecular weight is 293 g/mol. The molecule has 114 valence electrons. The van der Waals surface area contributed by atoms with Gasteiger partial charge in [0.05, 0.1) is 26.4 Å². The number of carbonyl (C=O) groups is 2. The van der Waals surface area contributed by atoms with E-state index in [1.165, 1.54) is 20.3 Å². The summed E-state index contributed by atoms with van der Waals surface area (Å²) >= 11 is 0. The Balaban J connectivity index is 2.87. The zero-order valence-corrected chi connectivity index (χ0v) is 12.6. The van der Waals surface area contributed by atoms with Crippen molar-refractivity contribution in [2.45, 2.75) is 13.8 Å². The molecule has 0 saturated heterocycles. The minimum absolute atomic E-state index is 0.281. The lowest BCUT2D eigenvalue weighted by molar-refractivity contribution is -0.137. The quantitative estimate of drug-likeness (QED) is 0.640. The maximum absolute atomic E-state index is 12.1. The Kier molecular flexibility index (Phi) is 6.26. The van der Waals surface area contributed by atoms with Crippen LogP contribution in [0, 0.1) is 0 Å². The number of rotatable bonds is 6. The molecule has 1 amide bonds. The molecule has 0 bridgehead atoms. The number of ether oxygens (including phenoxy) is 3. The van der Waals surface area contributed by atoms with Crippen molar-refractivity contribution < 1.29 is 23.8 Å². The molecule has 6 heteroatoms. The molecule has 0 heterocycles. The number of benzene rings is 1. The van der Waals surface area contributed by atoms with Gasteiger partial charge in [-0.2, -0.15) is 0 Å². The first-order valence-electron chi connectivity index (χ1n) is 6.40. The Morgan fingerprint density at radius 2 is 1.95 bits per heavy atom. The zero-order chi connectivity index (χ0) is 15.8. The predicted octanol–water partition coefficient (Wildman–Crippen LogP) is 1.90. The van der Waals surface area contributed by atoms with Gasteiger partial charge in [0.1, 0.15) is 11.5 Å². The molecule has 1 rings (SSSR count). The van der Waals surface area contributed by atoms with Crippen molar-refractivity contribution in [3.8, 4) is 11.5 Å². The molecular formula is C15H19NO5. The van der Waals surface area contributed by atoms with Crippen LogP contribution in [-0.2, 0) is 9.53 Å². The summed E-state index contributed by atoms with van der Waals surface area (Å²) in [5, 5.41) is 2.60. The zero-order valence-electron chi connectivity index (χ0n) is 12.6. The molecule has 0 aliphatic rings. The number of amides is 1. The normalized spacial score (nSPS) is 10.8. The number of methoxy groups -OCH3 is 2. The Hall–Kier alpha value is -2.50. The number of allylic oxidation sites excluding steroid dienone is 1. The second-order valence-electron chi connectivity index (χ2n) is 4.10. The molecule has 0 unspecified atom stereocenters. The first-order valence-corrected chi connectivity index (χ1v) is 6.40. The highest BCUT2D eigenvalue weighted by molar-refractivity contribution is 5.98. The van der Waals surface area contributed by atoms with E-state index >= 15 is 0 Å². The Bertz CT molecular complexity index is 551. The summed E-state index contributed by atoms with van der Waals surface area (Å²) in [5.41, 5.74) is 0.728. The third-order valence-corrected chi connectivity index (χ3v) is 2.58. The first kappa shape index (κ1) is 16.6. The molecule has 1 aromatic carbocycles. The lowest BCUT2D eigenvalue weighted by Crippen LogP contribution is -2.23. The van der Waals surface area contributed by atoms with Gasteiger partial charge >= 0.3 is 5.97 Å². The number of hydrogen-bond donors (Lipinski definition) is 1. The molecule has 6 nitrogen and oxygen atoms in total. The summed E-state index contributed by atoms with van der Waals surface area (Å²) < 4.78 is 15.0. The lowest BCUT2D eigenvalue weighted by Gasteiger charge is -2.11. The first-order chi connectivity index (χ1) is 10.0. The number of esters is 1. The molecule has 0 saturated carbocycles. The second-order valence-corrected chi connectivity index (χ2v) is 4.10. The summed E-state index contributed by atoms with van der Waals surface area (Å²) in [6.45, 7) is 3.59. The SMILES string of the molecule is CCOC(=O)/C=C(\C)NC(=O)c1ccc(OC)cc1OC. The number of nitrogens with one attached hydrogen (secondary N) is 1. The Labute approximate surface area is 123 Å². The predicted molar refractivity (Wildman–Crippen MR) is 77.4 cm³/mol. The summed E-state index contributed by atoms with van der Waals surface area (Å²) in [7, 11) is 2.99. The van der Waals surface area contributed by atoms with Gasteiger partial charge in [-0.3, -0.25) is 4.79 Å². The van der Waals surface area contributed by atoms with E-state index in [-0.39, 0.29) is 12.5 Å². The highest BCUT2D eigenvalue weighted by Gasteiger charge is 2.13. The summed E-state index contributed by atoms with van der Waals surface area (Å²) in [6, 6.07) is 4.85. The monoisotopic (exact) mass is 293 g/mol. The third kappa shape index (κ3) is 4.83. The smallest absolute Gasteiger partial charge is 0.332 e. The molecule has 0 spiro atoms. The largest absolute Gasteiger partial charge is 0.497 e. The Morgan fingerprint density at radius 1 is 1.24 bits per heavy atom. The van der Waals surface area contributed by atoms with Crippen LogP contribution in [0.15, 0.2) is 30.0 Å². The van der Waals surface area contributed by atoms with E-state index in [2.05, 4.69) is 5.32 Å². The maximum atomic E-state index is 12.1. The van der Waals surface area contributed by atoms with Gasteiger partial charge in [-0.15, -0.1) is 0 Å². The van der Waals surface area contributed by atoms with Crippen molar-refractivity contribution in [2.75, 3.05) is 20.8 Å². The molecule has 0 atom stereocenters. The van der Waals surface area contributed by atoms with Gasteiger partial charge < -0.3 is 19.5 Å². The summed E-state index contributed by atoms with van der Waals surface area (Å²) in [6.07, 6.45) is 1.22. The molecular weight excluding hydrogens is 274 g/mol. The van der Waals surface area contributed by atoms with E-state index in [4.69, 9.17) is 14.2 Å². The highest BCUT2D eigenvalue weighted by atomic mass is 16.5. The fraction of sp³-hybridized carbons (Fsp3) is 0.333. The van der Waals surface area contributed by atoms with Gasteiger partial charge in [0, 0.05) is 17.8 Å². The van der Waals surface area contributed by atoms with E-state index < -0.39 is 5.97 Å². The van der Waals surface area contributed by atoms with Crippen LogP contribution in [0.4, 0.5) is 0 Å². The third-order valence-electron chi connectivity index (χ3n) is 2.58. The van der Waals surface area contributed by atoms with Crippen LogP contribution in [0.25, 0.3) is 0 Å². The summed E-state index contributed by atoms with van der Waals surface area (Å²) in [5.74, 6) is 0.0857. The second kappa shape index (κ2) is 7.94. The fourth-order valence-electron chi connectivity index (χ4n) is 1.63. The molecule has 0 aliphatic carbocycles. The van der Waals surface area contributed by atoms with Crippen LogP contribution in [-0.4, -0.2) is 32.7 Å². The van der Waals surface area contributed by atoms with Crippen LogP contribution in [0.1, 0.15) is 24.2 Å². The molecule has 0 aliphatic heterocycles. The highest BCUT2D eigenvalue weighted by Crippen LogP contribution is 2.24. The number of carbonyl (C=O) groups excluding carboxylic acids is 2. The molecule has 0 aromatic heterocycles. The molecule has 0 radical (unpaired) electrons. The number of hydrogen-bond acceptors (Lipinski definition) is 5.